The van der Waals surface area contributed by atoms with Gasteiger partial charge in [-0.05, 0) is 24.6 Å². The molecule has 1 aromatic carbocycles. The first-order chi connectivity index (χ1) is 9.52. The zero-order valence-electron chi connectivity index (χ0n) is 11.3. The van der Waals surface area contributed by atoms with Crippen LogP contribution in [0.3, 0.4) is 0 Å². The number of rotatable bonds is 4. The van der Waals surface area contributed by atoms with E-state index in [4.69, 9.17) is 10.00 Å². The number of methoxy groups -OCH3 is 1. The number of hydrogen-bond donors (Lipinski definition) is 1. The van der Waals surface area contributed by atoms with Gasteiger partial charge in [0.25, 0.3) is 5.91 Å². The van der Waals surface area contributed by atoms with Crippen LogP contribution in [0.4, 0.5) is 4.79 Å². The van der Waals surface area contributed by atoms with Crippen molar-refractivity contribution in [2.45, 2.75) is 12.5 Å². The Morgan fingerprint density at radius 2 is 2.00 bits per heavy atom. The average molecular weight is 273 g/mol. The number of carbonyl (C=O) groups is 2. The molecule has 0 saturated carbocycles. The fraction of sp³-hybridized carbons (Fsp3) is 0.357. The minimum absolute atomic E-state index is 0.215. The smallest absolute Gasteiger partial charge is 0.325 e. The molecule has 0 spiro atoms. The highest BCUT2D eigenvalue weighted by Gasteiger charge is 2.48. The first kappa shape index (κ1) is 14.0. The molecule has 1 aromatic rings. The summed E-state index contributed by atoms with van der Waals surface area (Å²) in [6.45, 7) is 2.16. The monoisotopic (exact) mass is 273 g/mol. The highest BCUT2D eigenvalue weighted by Crippen LogP contribution is 2.28. The molecule has 0 radical (unpaired) electrons. The van der Waals surface area contributed by atoms with Gasteiger partial charge in [0.15, 0.2) is 0 Å². The molecule has 6 heteroatoms. The molecular formula is C14H15N3O3. The number of benzene rings is 1. The highest BCUT2D eigenvalue weighted by atomic mass is 16.5. The fourth-order valence-corrected chi connectivity index (χ4v) is 2.16. The van der Waals surface area contributed by atoms with Crippen LogP contribution in [-0.2, 0) is 15.1 Å². The van der Waals surface area contributed by atoms with Crippen LogP contribution in [0.15, 0.2) is 24.3 Å². The highest BCUT2D eigenvalue weighted by molar-refractivity contribution is 6.07. The predicted octanol–water partition coefficient (Wildman–Crippen LogP) is 0.972. The summed E-state index contributed by atoms with van der Waals surface area (Å²) in [7, 11) is 1.51. The van der Waals surface area contributed by atoms with Crippen LogP contribution < -0.4 is 5.32 Å². The lowest BCUT2D eigenvalue weighted by atomic mass is 9.91. The second-order valence-corrected chi connectivity index (χ2v) is 4.69. The van der Waals surface area contributed by atoms with Crippen molar-refractivity contribution in [1.29, 1.82) is 5.26 Å². The van der Waals surface area contributed by atoms with Crippen LogP contribution >= 0.6 is 0 Å². The molecule has 0 aliphatic carbocycles. The molecule has 1 atom stereocenters. The molecule has 2 rings (SSSR count). The van der Waals surface area contributed by atoms with Gasteiger partial charge >= 0.3 is 6.03 Å². The van der Waals surface area contributed by atoms with Gasteiger partial charge in [-0.1, -0.05) is 12.1 Å². The predicted molar refractivity (Wildman–Crippen MR) is 70.6 cm³/mol. The number of hydrogen-bond acceptors (Lipinski definition) is 4. The maximum absolute atomic E-state index is 12.4. The molecule has 0 bridgehead atoms. The summed E-state index contributed by atoms with van der Waals surface area (Å²) in [5.74, 6) is -0.316. The van der Waals surface area contributed by atoms with E-state index in [1.165, 1.54) is 7.11 Å². The van der Waals surface area contributed by atoms with Crippen molar-refractivity contribution in [3.05, 3.63) is 35.4 Å². The van der Waals surface area contributed by atoms with Crippen LogP contribution in [0, 0.1) is 11.3 Å². The maximum atomic E-state index is 12.4. The van der Waals surface area contributed by atoms with Gasteiger partial charge in [0.1, 0.15) is 5.54 Å². The molecule has 1 saturated heterocycles. The van der Waals surface area contributed by atoms with Crippen molar-refractivity contribution in [1.82, 2.24) is 10.2 Å². The van der Waals surface area contributed by atoms with E-state index in [0.717, 1.165) is 4.90 Å². The summed E-state index contributed by atoms with van der Waals surface area (Å²) in [4.78, 5) is 25.4. The van der Waals surface area contributed by atoms with Gasteiger partial charge in [-0.25, -0.2) is 4.79 Å². The van der Waals surface area contributed by atoms with E-state index in [1.807, 2.05) is 6.07 Å². The van der Waals surface area contributed by atoms with Crippen molar-refractivity contribution in [2.75, 3.05) is 20.3 Å². The van der Waals surface area contributed by atoms with Crippen molar-refractivity contribution in [2.24, 2.45) is 0 Å². The van der Waals surface area contributed by atoms with E-state index >= 15 is 0 Å². The summed E-state index contributed by atoms with van der Waals surface area (Å²) < 4.78 is 4.89. The average Bonchev–Trinajstić information content (AvgIpc) is 2.68. The third-order valence-corrected chi connectivity index (χ3v) is 3.39. The number of ether oxygens (including phenoxy) is 1. The van der Waals surface area contributed by atoms with E-state index < -0.39 is 11.6 Å². The molecule has 1 heterocycles. The Hall–Kier alpha value is -2.39. The number of urea groups is 1. The Balaban J connectivity index is 2.28. The molecule has 6 nitrogen and oxygen atoms in total. The molecule has 0 unspecified atom stereocenters. The number of nitriles is 1. The minimum Gasteiger partial charge on any atom is -0.383 e. The third-order valence-electron chi connectivity index (χ3n) is 3.39. The SMILES string of the molecule is COCCN1C(=O)N[C@](C)(c2ccc(C#N)cc2)C1=O. The Morgan fingerprint density at radius 3 is 2.55 bits per heavy atom. The van der Waals surface area contributed by atoms with E-state index in [2.05, 4.69) is 5.32 Å². The number of nitrogens with one attached hydrogen (secondary N) is 1. The van der Waals surface area contributed by atoms with E-state index in [-0.39, 0.29) is 12.5 Å². The van der Waals surface area contributed by atoms with Gasteiger partial charge in [-0.2, -0.15) is 5.26 Å². The molecule has 1 N–H and O–H groups in total. The van der Waals surface area contributed by atoms with Gasteiger partial charge in [0.2, 0.25) is 0 Å². The van der Waals surface area contributed by atoms with E-state index in [0.29, 0.717) is 17.7 Å². The number of nitrogens with zero attached hydrogens (tertiary/aromatic N) is 2. The first-order valence-electron chi connectivity index (χ1n) is 6.16. The van der Waals surface area contributed by atoms with Crippen LogP contribution in [0.1, 0.15) is 18.1 Å². The van der Waals surface area contributed by atoms with E-state index in [1.54, 1.807) is 31.2 Å². The van der Waals surface area contributed by atoms with Crippen LogP contribution in [0.2, 0.25) is 0 Å². The van der Waals surface area contributed by atoms with Crippen molar-refractivity contribution < 1.29 is 14.3 Å². The molecule has 0 aromatic heterocycles. The van der Waals surface area contributed by atoms with Gasteiger partial charge in [-0.3, -0.25) is 9.69 Å². The maximum Gasteiger partial charge on any atom is 0.325 e. The lowest BCUT2D eigenvalue weighted by Gasteiger charge is -2.22. The van der Waals surface area contributed by atoms with Gasteiger partial charge in [-0.15, -0.1) is 0 Å². The summed E-state index contributed by atoms with van der Waals surface area (Å²) in [5, 5.41) is 11.5. The molecule has 1 aliphatic heterocycles. The molecule has 1 fully saturated rings. The fourth-order valence-electron chi connectivity index (χ4n) is 2.16. The molecular weight excluding hydrogens is 258 g/mol. The standard InChI is InChI=1S/C14H15N3O3/c1-14(11-5-3-10(9-15)4-6-11)12(18)17(7-8-20-2)13(19)16-14/h3-6H,7-8H2,1-2H3,(H,16,19)/t14-/m1/s1. The molecule has 3 amide bonds. The van der Waals surface area contributed by atoms with E-state index in [9.17, 15) is 9.59 Å². The van der Waals surface area contributed by atoms with Crippen LogP contribution in [0.25, 0.3) is 0 Å². The van der Waals surface area contributed by atoms with Gasteiger partial charge in [0.05, 0.1) is 24.8 Å². The van der Waals surface area contributed by atoms with Crippen LogP contribution in [-0.4, -0.2) is 37.1 Å². The Bertz CT molecular complexity index is 576. The lowest BCUT2D eigenvalue weighted by molar-refractivity contribution is -0.131. The topological polar surface area (TPSA) is 82.4 Å². The summed E-state index contributed by atoms with van der Waals surface area (Å²) in [6, 6.07) is 8.18. The number of amides is 3. The second kappa shape index (κ2) is 5.31. The van der Waals surface area contributed by atoms with Crippen molar-refractivity contribution >= 4 is 11.9 Å². The Morgan fingerprint density at radius 1 is 1.35 bits per heavy atom. The summed E-state index contributed by atoms with van der Waals surface area (Å²) in [5.41, 5.74) is 0.0545. The second-order valence-electron chi connectivity index (χ2n) is 4.69. The normalized spacial score (nSPS) is 21.8. The third kappa shape index (κ3) is 2.24. The largest absolute Gasteiger partial charge is 0.383 e. The molecule has 1 aliphatic rings. The molecule has 20 heavy (non-hydrogen) atoms. The zero-order chi connectivity index (χ0) is 14.8. The Kier molecular flexibility index (Phi) is 3.72. The number of imide groups is 1. The zero-order valence-corrected chi connectivity index (χ0v) is 11.3. The lowest BCUT2D eigenvalue weighted by Crippen LogP contribution is -2.41. The van der Waals surface area contributed by atoms with Crippen LogP contribution in [0.5, 0.6) is 0 Å². The summed E-state index contributed by atoms with van der Waals surface area (Å²) in [6.07, 6.45) is 0. The quantitative estimate of drug-likeness (QED) is 0.829. The minimum atomic E-state index is -1.10. The van der Waals surface area contributed by atoms with Crippen molar-refractivity contribution in [3.63, 3.8) is 0 Å². The molecule has 104 valence electrons. The first-order valence-corrected chi connectivity index (χ1v) is 6.16. The number of carbonyl (C=O) groups excluding carboxylic acids is 2. The van der Waals surface area contributed by atoms with Gasteiger partial charge in [0, 0.05) is 7.11 Å². The Labute approximate surface area is 116 Å². The summed E-state index contributed by atoms with van der Waals surface area (Å²) >= 11 is 0. The van der Waals surface area contributed by atoms with Gasteiger partial charge < -0.3 is 10.1 Å². The van der Waals surface area contributed by atoms with Crippen molar-refractivity contribution in [3.8, 4) is 6.07 Å².